The molecule has 1 unspecified atom stereocenters. The molecule has 0 bridgehead atoms. The minimum absolute atomic E-state index is 0.162. The third kappa shape index (κ3) is 3.44. The van der Waals surface area contributed by atoms with Gasteiger partial charge in [0.2, 0.25) is 0 Å². The van der Waals surface area contributed by atoms with Crippen LogP contribution in [0.2, 0.25) is 0 Å². The zero-order valence-electron chi connectivity index (χ0n) is 11.7. The first-order valence-electron chi connectivity index (χ1n) is 7.34. The highest BCUT2D eigenvalue weighted by Crippen LogP contribution is 2.28. The van der Waals surface area contributed by atoms with Gasteiger partial charge in [-0.2, -0.15) is 0 Å². The Morgan fingerprint density at radius 3 is 2.56 bits per heavy atom. The molecule has 2 saturated heterocycles. The number of likely N-dealkylation sites (N-methyl/N-ethyl adjacent to an activating group) is 1. The zero-order valence-corrected chi connectivity index (χ0v) is 11.7. The van der Waals surface area contributed by atoms with E-state index in [0.29, 0.717) is 0 Å². The highest BCUT2D eigenvalue weighted by Gasteiger charge is 2.35. The van der Waals surface area contributed by atoms with Gasteiger partial charge in [-0.3, -0.25) is 4.90 Å². The van der Waals surface area contributed by atoms with E-state index in [4.69, 9.17) is 15.2 Å². The minimum atomic E-state index is 0.162. The molecule has 2 aliphatic rings. The maximum Gasteiger partial charge on any atom is 0.0484 e. The van der Waals surface area contributed by atoms with E-state index in [1.54, 1.807) is 0 Å². The van der Waals surface area contributed by atoms with Gasteiger partial charge < -0.3 is 15.2 Å². The lowest BCUT2D eigenvalue weighted by atomic mass is 9.87. The van der Waals surface area contributed by atoms with E-state index in [2.05, 4.69) is 11.9 Å². The van der Waals surface area contributed by atoms with Crippen molar-refractivity contribution in [3.05, 3.63) is 0 Å². The normalized spacial score (nSPS) is 31.5. The minimum Gasteiger partial charge on any atom is -0.381 e. The SMILES string of the molecule is CN(CC1CCOCC1)C1(CN)CCCOCC1. The van der Waals surface area contributed by atoms with Crippen molar-refractivity contribution in [1.29, 1.82) is 0 Å². The Bertz CT molecular complexity index is 234. The van der Waals surface area contributed by atoms with Gasteiger partial charge in [-0.15, -0.1) is 0 Å². The summed E-state index contributed by atoms with van der Waals surface area (Å²) >= 11 is 0. The molecule has 4 heteroatoms. The monoisotopic (exact) mass is 256 g/mol. The number of hydrogen-bond acceptors (Lipinski definition) is 4. The van der Waals surface area contributed by atoms with Crippen LogP contribution < -0.4 is 5.73 Å². The maximum atomic E-state index is 6.09. The summed E-state index contributed by atoms with van der Waals surface area (Å²) in [5.41, 5.74) is 6.25. The van der Waals surface area contributed by atoms with Crippen molar-refractivity contribution in [2.45, 2.75) is 37.6 Å². The second-order valence-electron chi connectivity index (χ2n) is 5.83. The molecule has 4 nitrogen and oxygen atoms in total. The van der Waals surface area contributed by atoms with E-state index in [1.165, 1.54) is 19.3 Å². The van der Waals surface area contributed by atoms with Gasteiger partial charge in [-0.1, -0.05) is 0 Å². The van der Waals surface area contributed by atoms with Crippen molar-refractivity contribution in [1.82, 2.24) is 4.90 Å². The molecule has 0 aromatic carbocycles. The van der Waals surface area contributed by atoms with Crippen molar-refractivity contribution in [3.8, 4) is 0 Å². The largest absolute Gasteiger partial charge is 0.381 e. The number of nitrogens with two attached hydrogens (primary N) is 1. The Kier molecular flexibility index (Phi) is 5.42. The Hall–Kier alpha value is -0.160. The van der Waals surface area contributed by atoms with E-state index >= 15 is 0 Å². The molecule has 2 rings (SSSR count). The van der Waals surface area contributed by atoms with E-state index in [1.807, 2.05) is 0 Å². The molecule has 18 heavy (non-hydrogen) atoms. The molecular formula is C14H28N2O2. The lowest BCUT2D eigenvalue weighted by Crippen LogP contribution is -2.54. The van der Waals surface area contributed by atoms with Crippen LogP contribution in [0.5, 0.6) is 0 Å². The average molecular weight is 256 g/mol. The maximum absolute atomic E-state index is 6.09. The van der Waals surface area contributed by atoms with Gasteiger partial charge in [0.15, 0.2) is 0 Å². The molecule has 0 spiro atoms. The lowest BCUT2D eigenvalue weighted by Gasteiger charge is -2.42. The standard InChI is InChI=1S/C14H28N2O2/c1-16(11-13-3-8-18-9-4-13)14(12-15)5-2-7-17-10-6-14/h13H,2-12,15H2,1H3. The first-order valence-corrected chi connectivity index (χ1v) is 7.34. The summed E-state index contributed by atoms with van der Waals surface area (Å²) in [6.45, 7) is 5.51. The molecule has 2 fully saturated rings. The number of nitrogens with zero attached hydrogens (tertiary/aromatic N) is 1. The molecule has 0 amide bonds. The third-order valence-electron chi connectivity index (χ3n) is 4.71. The second kappa shape index (κ2) is 6.85. The first-order chi connectivity index (χ1) is 8.77. The van der Waals surface area contributed by atoms with Crippen LogP contribution in [0.3, 0.4) is 0 Å². The Morgan fingerprint density at radius 2 is 1.83 bits per heavy atom. The quantitative estimate of drug-likeness (QED) is 0.822. The van der Waals surface area contributed by atoms with Crippen LogP contribution in [0.25, 0.3) is 0 Å². The first kappa shape index (κ1) is 14.3. The number of rotatable bonds is 4. The molecule has 0 aromatic heterocycles. The van der Waals surface area contributed by atoms with Crippen LogP contribution >= 0.6 is 0 Å². The van der Waals surface area contributed by atoms with Crippen LogP contribution in [-0.4, -0.2) is 57.0 Å². The van der Waals surface area contributed by atoms with Crippen LogP contribution in [0, 0.1) is 5.92 Å². The molecule has 0 saturated carbocycles. The van der Waals surface area contributed by atoms with Crippen molar-refractivity contribution >= 4 is 0 Å². The molecular weight excluding hydrogens is 228 g/mol. The highest BCUT2D eigenvalue weighted by atomic mass is 16.5. The topological polar surface area (TPSA) is 47.7 Å². The molecule has 2 N–H and O–H groups in total. The fraction of sp³-hybridized carbons (Fsp3) is 1.00. The smallest absolute Gasteiger partial charge is 0.0484 e. The average Bonchev–Trinajstić information content (AvgIpc) is 2.66. The Morgan fingerprint density at radius 1 is 1.11 bits per heavy atom. The summed E-state index contributed by atoms with van der Waals surface area (Å²) < 4.78 is 11.0. The molecule has 0 aromatic rings. The summed E-state index contributed by atoms with van der Waals surface area (Å²) in [7, 11) is 2.24. The molecule has 2 heterocycles. The van der Waals surface area contributed by atoms with Gasteiger partial charge >= 0.3 is 0 Å². The van der Waals surface area contributed by atoms with Gasteiger partial charge in [0, 0.05) is 45.1 Å². The van der Waals surface area contributed by atoms with Crippen LogP contribution in [-0.2, 0) is 9.47 Å². The summed E-state index contributed by atoms with van der Waals surface area (Å²) in [6.07, 6.45) is 5.77. The van der Waals surface area contributed by atoms with E-state index in [-0.39, 0.29) is 5.54 Å². The van der Waals surface area contributed by atoms with E-state index in [9.17, 15) is 0 Å². The summed E-state index contributed by atoms with van der Waals surface area (Å²) in [5.74, 6) is 0.774. The Balaban J connectivity index is 1.92. The van der Waals surface area contributed by atoms with Crippen LogP contribution in [0.15, 0.2) is 0 Å². The molecule has 2 aliphatic heterocycles. The van der Waals surface area contributed by atoms with E-state index in [0.717, 1.165) is 58.3 Å². The molecule has 0 radical (unpaired) electrons. The predicted molar refractivity (Wildman–Crippen MR) is 72.6 cm³/mol. The predicted octanol–water partition coefficient (Wildman–Crippen LogP) is 1.24. The molecule has 1 atom stereocenters. The number of hydrogen-bond donors (Lipinski definition) is 1. The van der Waals surface area contributed by atoms with Crippen molar-refractivity contribution in [3.63, 3.8) is 0 Å². The fourth-order valence-electron chi connectivity index (χ4n) is 3.24. The summed E-state index contributed by atoms with van der Waals surface area (Å²) in [4.78, 5) is 2.51. The highest BCUT2D eigenvalue weighted by molar-refractivity contribution is 4.92. The lowest BCUT2D eigenvalue weighted by molar-refractivity contribution is 0.0274. The summed E-state index contributed by atoms with van der Waals surface area (Å²) in [6, 6.07) is 0. The fourth-order valence-corrected chi connectivity index (χ4v) is 3.24. The van der Waals surface area contributed by atoms with Gasteiger partial charge in [0.25, 0.3) is 0 Å². The van der Waals surface area contributed by atoms with Crippen molar-refractivity contribution in [2.24, 2.45) is 11.7 Å². The molecule has 106 valence electrons. The Labute approximate surface area is 111 Å². The van der Waals surface area contributed by atoms with Gasteiger partial charge in [-0.05, 0) is 45.1 Å². The van der Waals surface area contributed by atoms with Gasteiger partial charge in [-0.25, -0.2) is 0 Å². The van der Waals surface area contributed by atoms with Crippen molar-refractivity contribution < 1.29 is 9.47 Å². The van der Waals surface area contributed by atoms with Gasteiger partial charge in [0.1, 0.15) is 0 Å². The van der Waals surface area contributed by atoms with Gasteiger partial charge in [0.05, 0.1) is 0 Å². The zero-order chi connectivity index (χ0) is 12.8. The van der Waals surface area contributed by atoms with Crippen LogP contribution in [0.4, 0.5) is 0 Å². The third-order valence-corrected chi connectivity index (χ3v) is 4.71. The van der Waals surface area contributed by atoms with Crippen LogP contribution in [0.1, 0.15) is 32.1 Å². The van der Waals surface area contributed by atoms with Crippen molar-refractivity contribution in [2.75, 3.05) is 46.6 Å². The molecule has 0 aliphatic carbocycles. The number of ether oxygens (including phenoxy) is 2. The van der Waals surface area contributed by atoms with E-state index < -0.39 is 0 Å². The second-order valence-corrected chi connectivity index (χ2v) is 5.83. The summed E-state index contributed by atoms with van der Waals surface area (Å²) in [5, 5.41) is 0.